The normalized spacial score (nSPS) is 15.0. The third-order valence-electron chi connectivity index (χ3n) is 4.57. The van der Waals surface area contributed by atoms with Crippen LogP contribution in [0.1, 0.15) is 53.6 Å². The molecule has 0 aliphatic heterocycles. The first kappa shape index (κ1) is 14.3. The average molecular weight is 279 g/mol. The van der Waals surface area contributed by atoms with Crippen LogP contribution < -0.4 is 5.32 Å². The Hall–Kier alpha value is -1.60. The molecular weight excluding hydrogens is 254 g/mol. The van der Waals surface area contributed by atoms with Gasteiger partial charge in [0.2, 0.25) is 0 Å². The van der Waals surface area contributed by atoms with Gasteiger partial charge in [0.25, 0.3) is 0 Å². The molecule has 0 amide bonds. The molecule has 1 heteroatoms. The first-order chi connectivity index (χ1) is 10.3. The van der Waals surface area contributed by atoms with E-state index >= 15 is 0 Å². The fourth-order valence-corrected chi connectivity index (χ4v) is 3.51. The van der Waals surface area contributed by atoms with Gasteiger partial charge in [0.15, 0.2) is 0 Å². The van der Waals surface area contributed by atoms with Crippen molar-refractivity contribution < 1.29 is 0 Å². The number of fused-ring (bicyclic) bond motifs is 1. The van der Waals surface area contributed by atoms with Gasteiger partial charge in [-0.2, -0.15) is 0 Å². The van der Waals surface area contributed by atoms with Crippen molar-refractivity contribution in [3.63, 3.8) is 0 Å². The second-order valence-corrected chi connectivity index (χ2v) is 6.10. The number of benzene rings is 2. The zero-order valence-corrected chi connectivity index (χ0v) is 13.2. The molecular formula is C20H25N. The molecule has 2 aromatic rings. The third kappa shape index (κ3) is 3.03. The van der Waals surface area contributed by atoms with Gasteiger partial charge in [0.05, 0.1) is 6.04 Å². The lowest BCUT2D eigenvalue weighted by molar-refractivity contribution is 0.689. The molecule has 0 fully saturated rings. The van der Waals surface area contributed by atoms with Crippen LogP contribution in [-0.2, 0) is 19.3 Å². The van der Waals surface area contributed by atoms with Gasteiger partial charge in [-0.3, -0.25) is 0 Å². The Kier molecular flexibility index (Phi) is 4.40. The second kappa shape index (κ2) is 6.44. The van der Waals surface area contributed by atoms with Crippen molar-refractivity contribution >= 4 is 0 Å². The summed E-state index contributed by atoms with van der Waals surface area (Å²) < 4.78 is 0. The van der Waals surface area contributed by atoms with Gasteiger partial charge in [-0.05, 0) is 60.5 Å². The highest BCUT2D eigenvalue weighted by atomic mass is 14.9. The van der Waals surface area contributed by atoms with Crippen molar-refractivity contribution in [3.8, 4) is 0 Å². The Bertz CT molecular complexity index is 615. The minimum atomic E-state index is 0.299. The average Bonchev–Trinajstić information content (AvgIpc) is 2.96. The highest BCUT2D eigenvalue weighted by Gasteiger charge is 2.16. The summed E-state index contributed by atoms with van der Waals surface area (Å²) in [7, 11) is 2.06. The first-order valence-corrected chi connectivity index (χ1v) is 8.19. The van der Waals surface area contributed by atoms with E-state index in [0.717, 1.165) is 6.42 Å². The minimum absolute atomic E-state index is 0.299. The van der Waals surface area contributed by atoms with E-state index in [1.165, 1.54) is 42.4 Å². The smallest absolute Gasteiger partial charge is 0.0574 e. The Balaban J connectivity index is 1.92. The van der Waals surface area contributed by atoms with Crippen LogP contribution in [0.5, 0.6) is 0 Å². The van der Waals surface area contributed by atoms with Crippen LogP contribution in [-0.4, -0.2) is 7.05 Å². The van der Waals surface area contributed by atoms with E-state index in [0.29, 0.717) is 6.04 Å². The summed E-state index contributed by atoms with van der Waals surface area (Å²) in [6.07, 6.45) is 6.18. The van der Waals surface area contributed by atoms with E-state index < -0.39 is 0 Å². The van der Waals surface area contributed by atoms with Crippen LogP contribution in [0.2, 0.25) is 0 Å². The van der Waals surface area contributed by atoms with Crippen LogP contribution in [0.25, 0.3) is 0 Å². The molecule has 0 aromatic heterocycles. The van der Waals surface area contributed by atoms with E-state index in [2.05, 4.69) is 61.8 Å². The fraction of sp³-hybridized carbons (Fsp3) is 0.400. The molecule has 1 atom stereocenters. The number of hydrogen-bond acceptors (Lipinski definition) is 1. The Labute approximate surface area is 128 Å². The SMILES string of the molecule is CCCc1cccc(C(NC)c2ccc3c(c2)CCC3)c1. The summed E-state index contributed by atoms with van der Waals surface area (Å²) in [5.41, 5.74) is 7.32. The summed E-state index contributed by atoms with van der Waals surface area (Å²) in [5, 5.41) is 3.50. The van der Waals surface area contributed by atoms with Crippen molar-refractivity contribution in [2.75, 3.05) is 7.05 Å². The van der Waals surface area contributed by atoms with Crippen LogP contribution in [0.4, 0.5) is 0 Å². The van der Waals surface area contributed by atoms with Gasteiger partial charge in [0.1, 0.15) is 0 Å². The zero-order valence-electron chi connectivity index (χ0n) is 13.2. The lowest BCUT2D eigenvalue weighted by atomic mass is 9.94. The summed E-state index contributed by atoms with van der Waals surface area (Å²) in [5.74, 6) is 0. The minimum Gasteiger partial charge on any atom is -0.309 e. The van der Waals surface area contributed by atoms with Crippen LogP contribution >= 0.6 is 0 Å². The van der Waals surface area contributed by atoms with E-state index in [1.54, 1.807) is 11.1 Å². The number of hydrogen-bond donors (Lipinski definition) is 1. The molecule has 1 N–H and O–H groups in total. The van der Waals surface area contributed by atoms with Gasteiger partial charge in [-0.15, -0.1) is 0 Å². The molecule has 0 saturated heterocycles. The topological polar surface area (TPSA) is 12.0 Å². The third-order valence-corrected chi connectivity index (χ3v) is 4.57. The predicted molar refractivity (Wildman–Crippen MR) is 89.8 cm³/mol. The quantitative estimate of drug-likeness (QED) is 0.853. The maximum absolute atomic E-state index is 3.50. The lowest BCUT2D eigenvalue weighted by Crippen LogP contribution is -2.18. The molecule has 1 unspecified atom stereocenters. The largest absolute Gasteiger partial charge is 0.309 e. The Morgan fingerprint density at radius 1 is 1.00 bits per heavy atom. The number of rotatable bonds is 5. The van der Waals surface area contributed by atoms with Crippen molar-refractivity contribution in [1.29, 1.82) is 0 Å². The monoisotopic (exact) mass is 279 g/mol. The van der Waals surface area contributed by atoms with Crippen molar-refractivity contribution in [3.05, 3.63) is 70.3 Å². The molecule has 0 spiro atoms. The van der Waals surface area contributed by atoms with Crippen LogP contribution in [0.3, 0.4) is 0 Å². The molecule has 110 valence electrons. The van der Waals surface area contributed by atoms with Gasteiger partial charge >= 0.3 is 0 Å². The summed E-state index contributed by atoms with van der Waals surface area (Å²) in [6.45, 7) is 2.24. The summed E-state index contributed by atoms with van der Waals surface area (Å²) in [6, 6.07) is 16.4. The van der Waals surface area contributed by atoms with Crippen molar-refractivity contribution in [2.24, 2.45) is 0 Å². The Morgan fingerprint density at radius 2 is 1.81 bits per heavy atom. The van der Waals surface area contributed by atoms with Gasteiger partial charge in [-0.25, -0.2) is 0 Å². The highest BCUT2D eigenvalue weighted by molar-refractivity contribution is 5.40. The maximum Gasteiger partial charge on any atom is 0.0574 e. The molecule has 0 radical (unpaired) electrons. The van der Waals surface area contributed by atoms with Gasteiger partial charge < -0.3 is 5.32 Å². The molecule has 0 bridgehead atoms. The van der Waals surface area contributed by atoms with Crippen LogP contribution in [0.15, 0.2) is 42.5 Å². The molecule has 1 aliphatic rings. The number of nitrogens with one attached hydrogen (secondary N) is 1. The fourth-order valence-electron chi connectivity index (χ4n) is 3.51. The van der Waals surface area contributed by atoms with E-state index in [-0.39, 0.29) is 0 Å². The standard InChI is InChI=1S/C20H25N/c1-3-6-15-7-4-10-18(13-15)20(21-2)19-12-11-16-8-5-9-17(16)14-19/h4,7,10-14,20-21H,3,5-6,8-9H2,1-2H3. The van der Waals surface area contributed by atoms with Gasteiger partial charge in [0, 0.05) is 0 Å². The lowest BCUT2D eigenvalue weighted by Gasteiger charge is -2.19. The van der Waals surface area contributed by atoms with E-state index in [1.807, 2.05) is 0 Å². The van der Waals surface area contributed by atoms with E-state index in [4.69, 9.17) is 0 Å². The van der Waals surface area contributed by atoms with E-state index in [9.17, 15) is 0 Å². The molecule has 1 aliphatic carbocycles. The summed E-state index contributed by atoms with van der Waals surface area (Å²) in [4.78, 5) is 0. The maximum atomic E-state index is 3.50. The summed E-state index contributed by atoms with van der Waals surface area (Å²) >= 11 is 0. The molecule has 21 heavy (non-hydrogen) atoms. The zero-order chi connectivity index (χ0) is 14.7. The van der Waals surface area contributed by atoms with Crippen LogP contribution in [0, 0.1) is 0 Å². The molecule has 0 saturated carbocycles. The Morgan fingerprint density at radius 3 is 2.62 bits per heavy atom. The predicted octanol–water partition coefficient (Wildman–Crippen LogP) is 4.44. The molecule has 2 aromatic carbocycles. The molecule has 0 heterocycles. The molecule has 3 rings (SSSR count). The van der Waals surface area contributed by atoms with Crippen molar-refractivity contribution in [2.45, 2.75) is 45.1 Å². The van der Waals surface area contributed by atoms with Crippen molar-refractivity contribution in [1.82, 2.24) is 5.32 Å². The molecule has 1 nitrogen and oxygen atoms in total. The van der Waals surface area contributed by atoms with Gasteiger partial charge in [-0.1, -0.05) is 55.8 Å². The highest BCUT2D eigenvalue weighted by Crippen LogP contribution is 2.28. The first-order valence-electron chi connectivity index (χ1n) is 8.19. The second-order valence-electron chi connectivity index (χ2n) is 6.10. The number of aryl methyl sites for hydroxylation is 3.